The van der Waals surface area contributed by atoms with Crippen molar-refractivity contribution in [1.82, 2.24) is 5.32 Å². The van der Waals surface area contributed by atoms with Crippen LogP contribution in [0.5, 0.6) is 0 Å². The van der Waals surface area contributed by atoms with E-state index < -0.39 is 20.0 Å². The SMILES string of the molecule is CCCCC/C=C\C/C=C\CCCCCCCCCCCC(=O)NC(COP(=O)([O-])OCC[N+](C)(C)C)C(/C=C/CCCCCCCCCCCCC)OC(=O)CCCCCCCCCCCCCCCCC. The second-order valence-electron chi connectivity index (χ2n) is 22.6. The summed E-state index contributed by atoms with van der Waals surface area (Å²) in [5.41, 5.74) is 0. The standard InChI is InChI=1S/C63H121N2O7P/c1-7-10-13-16-19-22-25-28-30-31-32-33-35-37-40-43-46-49-52-55-62(66)64-60(59-71-73(68,69)70-58-57-65(4,5)6)61(54-51-48-45-42-39-36-27-24-21-18-15-12-9-3)72-63(67)56-53-50-47-44-41-38-34-29-26-23-20-17-14-11-8-2/h19,22,28,30,51,54,60-61H,7-18,20-21,23-27,29,31-50,52-53,55-59H2,1-6H3,(H-,64,66,68,69)/b22-19-,30-28-,54-51+. The van der Waals surface area contributed by atoms with Crippen LogP contribution in [-0.4, -0.2) is 69.4 Å². The van der Waals surface area contributed by atoms with Crippen molar-refractivity contribution in [2.75, 3.05) is 40.9 Å². The third-order valence-electron chi connectivity index (χ3n) is 14.1. The zero-order chi connectivity index (χ0) is 53.6. The number of allylic oxidation sites excluding steroid dienone is 5. The van der Waals surface area contributed by atoms with E-state index in [1.807, 2.05) is 33.3 Å². The first-order chi connectivity index (χ1) is 35.4. The highest BCUT2D eigenvalue weighted by atomic mass is 31.2. The van der Waals surface area contributed by atoms with Crippen LogP contribution in [0.15, 0.2) is 36.5 Å². The molecule has 1 amide bonds. The number of hydrogen-bond acceptors (Lipinski definition) is 7. The maximum atomic E-state index is 13.5. The number of nitrogens with zero attached hydrogens (tertiary/aromatic N) is 1. The summed E-state index contributed by atoms with van der Waals surface area (Å²) in [6.45, 7) is 6.85. The number of quaternary nitrogens is 1. The largest absolute Gasteiger partial charge is 0.756 e. The Morgan fingerprint density at radius 1 is 0.479 bits per heavy atom. The highest BCUT2D eigenvalue weighted by Gasteiger charge is 2.27. The number of phosphoric acid groups is 1. The van der Waals surface area contributed by atoms with Gasteiger partial charge >= 0.3 is 5.97 Å². The number of hydrogen-bond donors (Lipinski definition) is 1. The number of unbranched alkanes of at least 4 members (excludes halogenated alkanes) is 37. The minimum Gasteiger partial charge on any atom is -0.756 e. The van der Waals surface area contributed by atoms with Crippen LogP contribution in [0.4, 0.5) is 0 Å². The minimum absolute atomic E-state index is 0.0208. The molecule has 9 nitrogen and oxygen atoms in total. The lowest BCUT2D eigenvalue weighted by molar-refractivity contribution is -0.870. The number of ether oxygens (including phenoxy) is 1. The Morgan fingerprint density at radius 3 is 1.26 bits per heavy atom. The highest BCUT2D eigenvalue weighted by molar-refractivity contribution is 7.45. The first-order valence-corrected chi connectivity index (χ1v) is 32.8. The molecule has 430 valence electrons. The fourth-order valence-corrected chi connectivity index (χ4v) is 9.92. The average Bonchev–Trinajstić information content (AvgIpc) is 3.35. The molecular weight excluding hydrogens is 928 g/mol. The van der Waals surface area contributed by atoms with Crippen molar-refractivity contribution in [3.63, 3.8) is 0 Å². The first-order valence-electron chi connectivity index (χ1n) is 31.3. The Morgan fingerprint density at radius 2 is 0.836 bits per heavy atom. The van der Waals surface area contributed by atoms with E-state index in [4.69, 9.17) is 13.8 Å². The van der Waals surface area contributed by atoms with E-state index in [1.54, 1.807) is 0 Å². The highest BCUT2D eigenvalue weighted by Crippen LogP contribution is 2.38. The van der Waals surface area contributed by atoms with Gasteiger partial charge in [0, 0.05) is 12.8 Å². The molecule has 0 radical (unpaired) electrons. The molecule has 0 heterocycles. The maximum Gasteiger partial charge on any atom is 0.306 e. The van der Waals surface area contributed by atoms with Gasteiger partial charge in [-0.2, -0.15) is 0 Å². The summed E-state index contributed by atoms with van der Waals surface area (Å²) >= 11 is 0. The van der Waals surface area contributed by atoms with Crippen LogP contribution in [0.3, 0.4) is 0 Å². The number of esters is 1. The quantitative estimate of drug-likeness (QED) is 0.0212. The third-order valence-corrected chi connectivity index (χ3v) is 15.0. The molecule has 0 aromatic heterocycles. The lowest BCUT2D eigenvalue weighted by atomic mass is 10.0. The van der Waals surface area contributed by atoms with Crippen molar-refractivity contribution in [2.45, 2.75) is 315 Å². The van der Waals surface area contributed by atoms with E-state index in [-0.39, 0.29) is 31.5 Å². The van der Waals surface area contributed by atoms with Gasteiger partial charge in [-0.05, 0) is 63.9 Å². The van der Waals surface area contributed by atoms with Crippen LogP contribution in [0.1, 0.15) is 303 Å². The van der Waals surface area contributed by atoms with Crippen LogP contribution in [0.2, 0.25) is 0 Å². The zero-order valence-electron chi connectivity index (χ0n) is 49.1. The van der Waals surface area contributed by atoms with E-state index >= 15 is 0 Å². The molecule has 0 aliphatic rings. The molecule has 0 fully saturated rings. The summed E-state index contributed by atoms with van der Waals surface area (Å²) < 4.78 is 30.3. The zero-order valence-corrected chi connectivity index (χ0v) is 50.0. The number of rotatable bonds is 57. The smallest absolute Gasteiger partial charge is 0.306 e. The lowest BCUT2D eigenvalue weighted by Gasteiger charge is -2.30. The Hall–Kier alpha value is -1.77. The van der Waals surface area contributed by atoms with Gasteiger partial charge in [-0.15, -0.1) is 0 Å². The molecular formula is C63H121N2O7P. The number of amides is 1. The summed E-state index contributed by atoms with van der Waals surface area (Å²) in [6.07, 6.45) is 63.8. The minimum atomic E-state index is -4.69. The Labute approximate surface area is 453 Å². The van der Waals surface area contributed by atoms with Gasteiger partial charge in [0.15, 0.2) is 0 Å². The summed E-state index contributed by atoms with van der Waals surface area (Å²) in [7, 11) is 1.19. The van der Waals surface area contributed by atoms with Gasteiger partial charge in [-0.25, -0.2) is 0 Å². The fraction of sp³-hybridized carbons (Fsp3) is 0.873. The predicted octanol–water partition coefficient (Wildman–Crippen LogP) is 18.5. The maximum absolute atomic E-state index is 13.5. The molecule has 0 aromatic carbocycles. The summed E-state index contributed by atoms with van der Waals surface area (Å²) in [5, 5.41) is 3.03. The number of carbonyl (C=O) groups excluding carboxylic acids is 2. The van der Waals surface area contributed by atoms with E-state index in [1.165, 1.54) is 193 Å². The monoisotopic (exact) mass is 1050 g/mol. The van der Waals surface area contributed by atoms with E-state index in [2.05, 4.69) is 50.4 Å². The number of likely N-dealkylation sites (N-methyl/N-ethyl adjacent to an activating group) is 1. The Kier molecular flexibility index (Phi) is 52.3. The molecule has 0 bridgehead atoms. The molecule has 1 N–H and O–H groups in total. The molecule has 0 aromatic rings. The number of nitrogens with one attached hydrogen (secondary N) is 1. The van der Waals surface area contributed by atoms with Crippen molar-refractivity contribution in [3.8, 4) is 0 Å². The molecule has 0 aliphatic carbocycles. The molecule has 0 rings (SSSR count). The molecule has 3 unspecified atom stereocenters. The van der Waals surface area contributed by atoms with Crippen molar-refractivity contribution in [2.24, 2.45) is 0 Å². The summed E-state index contributed by atoms with van der Waals surface area (Å²) in [6, 6.07) is -0.886. The van der Waals surface area contributed by atoms with E-state index in [0.717, 1.165) is 77.0 Å². The van der Waals surface area contributed by atoms with Crippen molar-refractivity contribution in [1.29, 1.82) is 0 Å². The molecule has 0 aliphatic heterocycles. The molecule has 73 heavy (non-hydrogen) atoms. The van der Waals surface area contributed by atoms with Gasteiger partial charge in [-0.3, -0.25) is 14.2 Å². The number of carbonyl (C=O) groups is 2. The first kappa shape index (κ1) is 71.2. The molecule has 0 saturated heterocycles. The third kappa shape index (κ3) is 54.8. The van der Waals surface area contributed by atoms with Crippen molar-refractivity contribution < 1.29 is 37.3 Å². The van der Waals surface area contributed by atoms with E-state index in [0.29, 0.717) is 17.4 Å². The number of phosphoric ester groups is 1. The van der Waals surface area contributed by atoms with Crippen LogP contribution >= 0.6 is 7.82 Å². The van der Waals surface area contributed by atoms with Gasteiger partial charge in [0.1, 0.15) is 19.3 Å². The van der Waals surface area contributed by atoms with Gasteiger partial charge in [0.05, 0.1) is 33.8 Å². The van der Waals surface area contributed by atoms with Crippen LogP contribution in [-0.2, 0) is 27.9 Å². The fourth-order valence-electron chi connectivity index (χ4n) is 9.20. The van der Waals surface area contributed by atoms with Crippen LogP contribution < -0.4 is 10.2 Å². The van der Waals surface area contributed by atoms with Crippen molar-refractivity contribution >= 4 is 19.7 Å². The molecule has 3 atom stereocenters. The molecule has 0 saturated carbocycles. The van der Waals surface area contributed by atoms with Crippen molar-refractivity contribution in [3.05, 3.63) is 36.5 Å². The average molecular weight is 1050 g/mol. The van der Waals surface area contributed by atoms with Gasteiger partial charge in [0.2, 0.25) is 5.91 Å². The molecule has 0 spiro atoms. The van der Waals surface area contributed by atoms with Gasteiger partial charge in [0.25, 0.3) is 7.82 Å². The van der Waals surface area contributed by atoms with E-state index in [9.17, 15) is 19.0 Å². The topological polar surface area (TPSA) is 114 Å². The van der Waals surface area contributed by atoms with Crippen LogP contribution in [0, 0.1) is 0 Å². The Balaban J connectivity index is 5.26. The normalized spacial score (nSPS) is 13.9. The summed E-state index contributed by atoms with van der Waals surface area (Å²) in [4.78, 5) is 40.0. The predicted molar refractivity (Wildman–Crippen MR) is 312 cm³/mol. The Bertz CT molecular complexity index is 1350. The lowest BCUT2D eigenvalue weighted by Crippen LogP contribution is -2.47. The van der Waals surface area contributed by atoms with Crippen LogP contribution in [0.25, 0.3) is 0 Å². The second-order valence-corrected chi connectivity index (χ2v) is 24.0. The summed E-state index contributed by atoms with van der Waals surface area (Å²) in [5.74, 6) is -0.532. The van der Waals surface area contributed by atoms with Gasteiger partial charge in [-0.1, -0.05) is 263 Å². The molecule has 10 heteroatoms. The van der Waals surface area contributed by atoms with Gasteiger partial charge < -0.3 is 28.5 Å². The second kappa shape index (κ2) is 53.6.